The zero-order valence-electron chi connectivity index (χ0n) is 11.3. The number of methoxy groups -OCH3 is 1. The van der Waals surface area contributed by atoms with Gasteiger partial charge in [-0.15, -0.1) is 0 Å². The summed E-state index contributed by atoms with van der Waals surface area (Å²) in [6.07, 6.45) is 0. The summed E-state index contributed by atoms with van der Waals surface area (Å²) in [6, 6.07) is 6.86. The van der Waals surface area contributed by atoms with Gasteiger partial charge in [-0.1, -0.05) is 38.2 Å². The lowest BCUT2D eigenvalue weighted by atomic mass is 9.94. The molecule has 2 amide bonds. The molecule has 5 nitrogen and oxygen atoms in total. The number of benzene rings is 1. The van der Waals surface area contributed by atoms with Crippen molar-refractivity contribution in [1.29, 1.82) is 0 Å². The Morgan fingerprint density at radius 1 is 1.42 bits per heavy atom. The van der Waals surface area contributed by atoms with E-state index in [1.807, 2.05) is 26.0 Å². The van der Waals surface area contributed by atoms with Gasteiger partial charge in [-0.3, -0.25) is 0 Å². The van der Waals surface area contributed by atoms with Gasteiger partial charge < -0.3 is 21.1 Å². The first-order valence-electron chi connectivity index (χ1n) is 5.84. The predicted octanol–water partition coefficient (Wildman–Crippen LogP) is 2.13. The minimum absolute atomic E-state index is 0.325. The molecule has 0 radical (unpaired) electrons. The van der Waals surface area contributed by atoms with E-state index in [4.69, 9.17) is 22.7 Å². The largest absolute Gasteiger partial charge is 0.495 e. The molecule has 1 rings (SSSR count). The Morgan fingerprint density at radius 3 is 2.63 bits per heavy atom. The van der Waals surface area contributed by atoms with Crippen LogP contribution < -0.4 is 21.1 Å². The Bertz CT molecular complexity index is 475. The Labute approximate surface area is 118 Å². The average Bonchev–Trinajstić information content (AvgIpc) is 2.37. The molecule has 4 N–H and O–H groups in total. The van der Waals surface area contributed by atoms with Gasteiger partial charge in [0.1, 0.15) is 5.75 Å². The summed E-state index contributed by atoms with van der Waals surface area (Å²) in [6.45, 7) is 4.11. The highest BCUT2D eigenvalue weighted by Gasteiger charge is 2.22. The molecule has 104 valence electrons. The first-order valence-corrected chi connectivity index (χ1v) is 6.25. The molecule has 0 bridgehead atoms. The normalized spacial score (nSPS) is 10.7. The van der Waals surface area contributed by atoms with E-state index < -0.39 is 5.41 Å². The molecule has 0 atom stereocenters. The number of nitrogens with one attached hydrogen (secondary N) is 2. The number of hydrogen-bond donors (Lipinski definition) is 3. The van der Waals surface area contributed by atoms with Crippen LogP contribution in [-0.2, 0) is 0 Å². The molecule has 19 heavy (non-hydrogen) atoms. The second-order valence-electron chi connectivity index (χ2n) is 4.76. The number of thiocarbonyl (C=S) groups is 1. The third-order valence-electron chi connectivity index (χ3n) is 2.71. The molecule has 0 aromatic heterocycles. The van der Waals surface area contributed by atoms with Crippen molar-refractivity contribution in [3.8, 4) is 5.75 Å². The fourth-order valence-electron chi connectivity index (χ4n) is 1.30. The van der Waals surface area contributed by atoms with Crippen LogP contribution in [0, 0.1) is 5.41 Å². The second-order valence-corrected chi connectivity index (χ2v) is 5.20. The van der Waals surface area contributed by atoms with E-state index in [1.54, 1.807) is 19.2 Å². The van der Waals surface area contributed by atoms with Crippen LogP contribution in [0.15, 0.2) is 24.3 Å². The molecule has 1 aromatic carbocycles. The summed E-state index contributed by atoms with van der Waals surface area (Å²) in [7, 11) is 1.55. The van der Waals surface area contributed by atoms with Crippen molar-refractivity contribution >= 4 is 28.9 Å². The highest BCUT2D eigenvalue weighted by Crippen LogP contribution is 2.22. The number of ether oxygens (including phenoxy) is 1. The number of nitrogens with two attached hydrogens (primary N) is 1. The number of amides is 2. The maximum atomic E-state index is 11.8. The van der Waals surface area contributed by atoms with Gasteiger partial charge in [0.2, 0.25) is 0 Å². The number of rotatable bonds is 5. The Kier molecular flexibility index (Phi) is 5.11. The van der Waals surface area contributed by atoms with Crippen molar-refractivity contribution in [3.05, 3.63) is 24.3 Å². The summed E-state index contributed by atoms with van der Waals surface area (Å²) in [4.78, 5) is 12.2. The molecule has 0 heterocycles. The number of hydrogen-bond acceptors (Lipinski definition) is 3. The first-order chi connectivity index (χ1) is 8.86. The number of carbonyl (C=O) groups excluding carboxylic acids is 1. The Hall–Kier alpha value is -1.82. The van der Waals surface area contributed by atoms with Crippen LogP contribution in [-0.4, -0.2) is 24.7 Å². The molecular weight excluding hydrogens is 262 g/mol. The quantitative estimate of drug-likeness (QED) is 0.723. The third-order valence-corrected chi connectivity index (χ3v) is 3.27. The van der Waals surface area contributed by atoms with Gasteiger partial charge in [-0.25, -0.2) is 4.79 Å². The minimum Gasteiger partial charge on any atom is -0.495 e. The molecule has 0 spiro atoms. The summed E-state index contributed by atoms with van der Waals surface area (Å²) >= 11 is 4.94. The van der Waals surface area contributed by atoms with Gasteiger partial charge in [0.05, 0.1) is 17.8 Å². The van der Waals surface area contributed by atoms with E-state index in [0.29, 0.717) is 23.0 Å². The molecule has 6 heteroatoms. The monoisotopic (exact) mass is 281 g/mol. The molecule has 0 aliphatic carbocycles. The molecular formula is C13H19N3O2S. The SMILES string of the molecule is COc1ccccc1NC(=O)NCC(C)(C)C(N)=S. The lowest BCUT2D eigenvalue weighted by Gasteiger charge is -2.23. The number of anilines is 1. The fourth-order valence-corrected chi connectivity index (χ4v) is 1.37. The van der Waals surface area contributed by atoms with Crippen LogP contribution in [0.4, 0.5) is 10.5 Å². The van der Waals surface area contributed by atoms with E-state index in [-0.39, 0.29) is 6.03 Å². The summed E-state index contributed by atoms with van der Waals surface area (Å²) in [5, 5.41) is 5.44. The summed E-state index contributed by atoms with van der Waals surface area (Å²) in [5.41, 5.74) is 5.78. The van der Waals surface area contributed by atoms with Crippen molar-refractivity contribution in [2.24, 2.45) is 11.1 Å². The van der Waals surface area contributed by atoms with Crippen LogP contribution in [0.25, 0.3) is 0 Å². The van der Waals surface area contributed by atoms with Gasteiger partial charge in [-0.2, -0.15) is 0 Å². The van der Waals surface area contributed by atoms with Crippen LogP contribution in [0.1, 0.15) is 13.8 Å². The molecule has 0 saturated carbocycles. The molecule has 0 fully saturated rings. The van der Waals surface area contributed by atoms with E-state index in [1.165, 1.54) is 0 Å². The lowest BCUT2D eigenvalue weighted by molar-refractivity contribution is 0.249. The molecule has 0 unspecified atom stereocenters. The zero-order valence-corrected chi connectivity index (χ0v) is 12.1. The number of para-hydroxylation sites is 2. The highest BCUT2D eigenvalue weighted by molar-refractivity contribution is 7.80. The van der Waals surface area contributed by atoms with Crippen molar-refractivity contribution < 1.29 is 9.53 Å². The number of carbonyl (C=O) groups is 1. The van der Waals surface area contributed by atoms with E-state index in [0.717, 1.165) is 0 Å². The van der Waals surface area contributed by atoms with Gasteiger partial charge in [0.25, 0.3) is 0 Å². The molecule has 0 saturated heterocycles. The maximum absolute atomic E-state index is 11.8. The van der Waals surface area contributed by atoms with E-state index in [9.17, 15) is 4.79 Å². The zero-order chi connectivity index (χ0) is 14.5. The lowest BCUT2D eigenvalue weighted by Crippen LogP contribution is -2.42. The van der Waals surface area contributed by atoms with Gasteiger partial charge >= 0.3 is 6.03 Å². The summed E-state index contributed by atoms with van der Waals surface area (Å²) in [5.74, 6) is 0.603. The second kappa shape index (κ2) is 6.38. The maximum Gasteiger partial charge on any atom is 0.319 e. The van der Waals surface area contributed by atoms with Crippen molar-refractivity contribution in [3.63, 3.8) is 0 Å². The van der Waals surface area contributed by atoms with E-state index >= 15 is 0 Å². The van der Waals surface area contributed by atoms with Crippen molar-refractivity contribution in [1.82, 2.24) is 5.32 Å². The van der Waals surface area contributed by atoms with Crippen molar-refractivity contribution in [2.45, 2.75) is 13.8 Å². The molecule has 1 aromatic rings. The van der Waals surface area contributed by atoms with Gasteiger partial charge in [0, 0.05) is 12.0 Å². The predicted molar refractivity (Wildman–Crippen MR) is 80.6 cm³/mol. The minimum atomic E-state index is -0.423. The van der Waals surface area contributed by atoms with Crippen LogP contribution >= 0.6 is 12.2 Å². The smallest absolute Gasteiger partial charge is 0.319 e. The standard InChI is InChI=1S/C13H19N3O2S/c1-13(2,11(14)19)8-15-12(17)16-9-6-4-5-7-10(9)18-3/h4-7H,8H2,1-3H3,(H2,14,19)(H2,15,16,17). The van der Waals surface area contributed by atoms with Crippen molar-refractivity contribution in [2.75, 3.05) is 19.0 Å². The van der Waals surface area contributed by atoms with E-state index in [2.05, 4.69) is 10.6 Å². The first kappa shape index (κ1) is 15.2. The van der Waals surface area contributed by atoms with Crippen LogP contribution in [0.2, 0.25) is 0 Å². The molecule has 0 aliphatic heterocycles. The average molecular weight is 281 g/mol. The number of urea groups is 1. The highest BCUT2D eigenvalue weighted by atomic mass is 32.1. The Balaban J connectivity index is 2.59. The van der Waals surface area contributed by atoms with Crippen LogP contribution in [0.5, 0.6) is 5.75 Å². The van der Waals surface area contributed by atoms with Crippen LogP contribution in [0.3, 0.4) is 0 Å². The van der Waals surface area contributed by atoms with Gasteiger partial charge in [-0.05, 0) is 12.1 Å². The third kappa shape index (κ3) is 4.40. The molecule has 0 aliphatic rings. The fraction of sp³-hybridized carbons (Fsp3) is 0.385. The summed E-state index contributed by atoms with van der Waals surface area (Å²) < 4.78 is 5.15. The topological polar surface area (TPSA) is 76.4 Å². The Morgan fingerprint density at radius 2 is 2.05 bits per heavy atom. The van der Waals surface area contributed by atoms with Gasteiger partial charge in [0.15, 0.2) is 0 Å².